The number of piperazine rings is 1. The molecule has 1 saturated carbocycles. The van der Waals surface area contributed by atoms with Gasteiger partial charge in [-0.1, -0.05) is 0 Å². The van der Waals surface area contributed by atoms with Crippen LogP contribution in [0.3, 0.4) is 0 Å². The lowest BCUT2D eigenvalue weighted by Crippen LogP contribution is -2.46. The Morgan fingerprint density at radius 3 is 2.62 bits per heavy atom. The summed E-state index contributed by atoms with van der Waals surface area (Å²) in [6.07, 6.45) is 6.16. The Kier molecular flexibility index (Phi) is 3.96. The summed E-state index contributed by atoms with van der Waals surface area (Å²) < 4.78 is 0. The number of hydrogen-bond donors (Lipinski definition) is 1. The molecule has 6 nitrogen and oxygen atoms in total. The van der Waals surface area contributed by atoms with E-state index in [1.165, 1.54) is 60.4 Å². The molecule has 138 valence electrons. The fraction of sp³-hybridized carbons (Fsp3) is 0.650. The van der Waals surface area contributed by atoms with E-state index in [4.69, 9.17) is 9.97 Å². The average molecular weight is 352 g/mol. The Morgan fingerprint density at radius 1 is 1.04 bits per heavy atom. The van der Waals surface area contributed by atoms with Crippen LogP contribution in [0.15, 0.2) is 0 Å². The van der Waals surface area contributed by atoms with Crippen molar-refractivity contribution in [3.63, 3.8) is 0 Å². The third-order valence-corrected chi connectivity index (χ3v) is 6.26. The van der Waals surface area contributed by atoms with E-state index >= 15 is 0 Å². The molecule has 0 amide bonds. The van der Waals surface area contributed by atoms with Crippen molar-refractivity contribution in [3.05, 3.63) is 34.0 Å². The van der Waals surface area contributed by atoms with E-state index in [1.54, 1.807) is 0 Å². The van der Waals surface area contributed by atoms with Crippen molar-refractivity contribution in [2.24, 2.45) is 0 Å². The van der Waals surface area contributed by atoms with E-state index in [1.807, 2.05) is 0 Å². The molecule has 3 aliphatic rings. The Morgan fingerprint density at radius 2 is 1.85 bits per heavy atom. The second kappa shape index (κ2) is 6.34. The second-order valence-corrected chi connectivity index (χ2v) is 8.13. The number of aromatic amines is 1. The molecule has 5 rings (SSSR count). The summed E-state index contributed by atoms with van der Waals surface area (Å²) in [5.41, 5.74) is 6.53. The zero-order chi connectivity index (χ0) is 17.7. The monoisotopic (exact) mass is 352 g/mol. The summed E-state index contributed by atoms with van der Waals surface area (Å²) in [5, 5.41) is 7.81. The van der Waals surface area contributed by atoms with Crippen molar-refractivity contribution < 1.29 is 0 Å². The maximum absolute atomic E-state index is 4.95. The molecular weight excluding hydrogens is 324 g/mol. The quantitative estimate of drug-likeness (QED) is 0.916. The third-order valence-electron chi connectivity index (χ3n) is 6.26. The molecule has 2 aromatic rings. The van der Waals surface area contributed by atoms with Crippen LogP contribution in [0.5, 0.6) is 0 Å². The first-order valence-electron chi connectivity index (χ1n) is 10.1. The summed E-state index contributed by atoms with van der Waals surface area (Å²) in [4.78, 5) is 14.7. The minimum atomic E-state index is 0.607. The van der Waals surface area contributed by atoms with E-state index < -0.39 is 0 Å². The largest absolute Gasteiger partial charge is 0.354 e. The highest BCUT2D eigenvalue weighted by atomic mass is 15.3. The van der Waals surface area contributed by atoms with Crippen molar-refractivity contribution in [1.29, 1.82) is 0 Å². The summed E-state index contributed by atoms with van der Waals surface area (Å²) >= 11 is 0. The molecule has 0 bridgehead atoms. The number of aromatic nitrogens is 4. The van der Waals surface area contributed by atoms with Crippen LogP contribution in [0, 0.1) is 13.8 Å². The van der Waals surface area contributed by atoms with Crippen molar-refractivity contribution >= 4 is 5.82 Å². The predicted octanol–water partition coefficient (Wildman–Crippen LogP) is 2.50. The molecule has 26 heavy (non-hydrogen) atoms. The van der Waals surface area contributed by atoms with Crippen LogP contribution < -0.4 is 4.90 Å². The van der Waals surface area contributed by atoms with Gasteiger partial charge in [0.05, 0.1) is 5.69 Å². The van der Waals surface area contributed by atoms with Gasteiger partial charge in [0.1, 0.15) is 11.6 Å². The van der Waals surface area contributed by atoms with Gasteiger partial charge < -0.3 is 4.90 Å². The van der Waals surface area contributed by atoms with E-state index in [2.05, 4.69) is 33.8 Å². The Bertz CT molecular complexity index is 814. The molecule has 6 heteroatoms. The van der Waals surface area contributed by atoms with Gasteiger partial charge in [-0.25, -0.2) is 9.97 Å². The highest BCUT2D eigenvalue weighted by Crippen LogP contribution is 2.39. The van der Waals surface area contributed by atoms with Crippen LogP contribution >= 0.6 is 0 Å². The van der Waals surface area contributed by atoms with Crippen molar-refractivity contribution in [1.82, 2.24) is 25.1 Å². The first-order valence-corrected chi connectivity index (χ1v) is 10.1. The van der Waals surface area contributed by atoms with Crippen molar-refractivity contribution in [3.8, 4) is 0 Å². The Hall–Kier alpha value is -1.95. The fourth-order valence-corrected chi connectivity index (χ4v) is 4.32. The van der Waals surface area contributed by atoms with Crippen LogP contribution in [0.25, 0.3) is 0 Å². The smallest absolute Gasteiger partial charge is 0.135 e. The number of nitrogens with zero attached hydrogens (tertiary/aromatic N) is 5. The molecule has 0 unspecified atom stereocenters. The molecule has 0 aromatic carbocycles. The van der Waals surface area contributed by atoms with Gasteiger partial charge in [-0.2, -0.15) is 5.10 Å². The normalized spacial score (nSPS) is 20.6. The molecule has 2 aliphatic carbocycles. The van der Waals surface area contributed by atoms with E-state index in [9.17, 15) is 0 Å². The lowest BCUT2D eigenvalue weighted by Gasteiger charge is -2.36. The van der Waals surface area contributed by atoms with Gasteiger partial charge in [0.15, 0.2) is 0 Å². The molecule has 0 atom stereocenters. The molecule has 1 aliphatic heterocycles. The van der Waals surface area contributed by atoms with Gasteiger partial charge in [0.2, 0.25) is 0 Å². The molecule has 2 aromatic heterocycles. The molecule has 0 radical (unpaired) electrons. The summed E-state index contributed by atoms with van der Waals surface area (Å²) in [7, 11) is 0. The van der Waals surface area contributed by atoms with Gasteiger partial charge >= 0.3 is 0 Å². The lowest BCUT2D eigenvalue weighted by atomic mass is 10.1. The van der Waals surface area contributed by atoms with Crippen LogP contribution in [0.4, 0.5) is 5.82 Å². The minimum absolute atomic E-state index is 0.607. The standard InChI is InChI=1S/C20H28N6/c1-13-14(2)21-19(15-6-7-15)22-20(13)26-10-8-25(9-11-26)12-18-16-4-3-5-17(16)23-24-18/h15H,3-12H2,1-2H3,(H,23,24). The van der Waals surface area contributed by atoms with E-state index in [0.29, 0.717) is 5.92 Å². The first-order chi connectivity index (χ1) is 12.7. The number of rotatable bonds is 4. The lowest BCUT2D eigenvalue weighted by molar-refractivity contribution is 0.245. The van der Waals surface area contributed by atoms with Crippen LogP contribution in [0.1, 0.15) is 59.2 Å². The van der Waals surface area contributed by atoms with E-state index in [0.717, 1.165) is 44.2 Å². The van der Waals surface area contributed by atoms with Gasteiger partial charge in [0.25, 0.3) is 0 Å². The molecule has 1 N–H and O–H groups in total. The maximum atomic E-state index is 4.95. The predicted molar refractivity (Wildman–Crippen MR) is 102 cm³/mol. The zero-order valence-electron chi connectivity index (χ0n) is 15.9. The number of nitrogens with one attached hydrogen (secondary N) is 1. The molecule has 2 fully saturated rings. The average Bonchev–Trinajstić information content (AvgIpc) is 3.28. The summed E-state index contributed by atoms with van der Waals surface area (Å²) in [5.74, 6) is 2.84. The van der Waals surface area contributed by atoms with E-state index in [-0.39, 0.29) is 0 Å². The van der Waals surface area contributed by atoms with Gasteiger partial charge in [0, 0.05) is 55.6 Å². The Labute approximate surface area is 155 Å². The number of hydrogen-bond acceptors (Lipinski definition) is 5. The van der Waals surface area contributed by atoms with Crippen LogP contribution in [-0.2, 0) is 19.4 Å². The zero-order valence-corrected chi connectivity index (χ0v) is 15.9. The first kappa shape index (κ1) is 16.2. The van der Waals surface area contributed by atoms with Gasteiger partial charge in [-0.15, -0.1) is 0 Å². The third kappa shape index (κ3) is 2.90. The Balaban J connectivity index is 1.27. The summed E-state index contributed by atoms with van der Waals surface area (Å²) in [6.45, 7) is 9.49. The van der Waals surface area contributed by atoms with Gasteiger partial charge in [-0.3, -0.25) is 10.00 Å². The maximum Gasteiger partial charge on any atom is 0.135 e. The van der Waals surface area contributed by atoms with Crippen molar-refractivity contribution in [2.75, 3.05) is 31.1 Å². The molecule has 3 heterocycles. The number of H-pyrrole nitrogens is 1. The number of fused-ring (bicyclic) bond motifs is 1. The van der Waals surface area contributed by atoms with Crippen LogP contribution in [0.2, 0.25) is 0 Å². The highest BCUT2D eigenvalue weighted by Gasteiger charge is 2.29. The topological polar surface area (TPSA) is 60.9 Å². The fourth-order valence-electron chi connectivity index (χ4n) is 4.32. The SMILES string of the molecule is Cc1nc(C2CC2)nc(N2CCN(Cc3n[nH]c4c3CCC4)CC2)c1C. The van der Waals surface area contributed by atoms with Crippen molar-refractivity contribution in [2.45, 2.75) is 58.4 Å². The molecule has 0 spiro atoms. The van der Waals surface area contributed by atoms with Gasteiger partial charge in [-0.05, 0) is 51.5 Å². The minimum Gasteiger partial charge on any atom is -0.354 e. The summed E-state index contributed by atoms with van der Waals surface area (Å²) in [6, 6.07) is 0. The van der Waals surface area contributed by atoms with Crippen LogP contribution in [-0.4, -0.2) is 51.2 Å². The number of anilines is 1. The highest BCUT2D eigenvalue weighted by molar-refractivity contribution is 5.49. The molecule has 1 saturated heterocycles. The second-order valence-electron chi connectivity index (χ2n) is 8.13. The molecular formula is C20H28N6. The number of aryl methyl sites for hydroxylation is 2.